The summed E-state index contributed by atoms with van der Waals surface area (Å²) in [6, 6.07) is 13.9. The van der Waals surface area contributed by atoms with Crippen molar-refractivity contribution >= 4 is 7.37 Å². The van der Waals surface area contributed by atoms with Crippen molar-refractivity contribution in [3.05, 3.63) is 54.1 Å². The highest BCUT2D eigenvalue weighted by molar-refractivity contribution is 7.58. The van der Waals surface area contributed by atoms with Crippen LogP contribution in [0.4, 0.5) is 0 Å². The Kier molecular flexibility index (Phi) is 9.42. The Morgan fingerprint density at radius 1 is 0.969 bits per heavy atom. The molecule has 8 heteroatoms. The smallest absolute Gasteiger partial charge is 0.239 e. The number of phenols is 1. The summed E-state index contributed by atoms with van der Waals surface area (Å²) in [7, 11) is -3.28. The van der Waals surface area contributed by atoms with Crippen molar-refractivity contribution in [2.24, 2.45) is 0 Å². The second-order valence-corrected chi connectivity index (χ2v) is 10.9. The van der Waals surface area contributed by atoms with E-state index in [1.54, 1.807) is 12.1 Å². The third kappa shape index (κ3) is 8.14. The van der Waals surface area contributed by atoms with Crippen LogP contribution in [0.5, 0.6) is 17.2 Å². The molecule has 1 saturated carbocycles. The van der Waals surface area contributed by atoms with Gasteiger partial charge in [-0.25, -0.2) is 0 Å². The Bertz CT molecular complexity index is 852. The molecule has 4 N–H and O–H groups in total. The summed E-state index contributed by atoms with van der Waals surface area (Å²) in [6.45, 7) is 1.27. The van der Waals surface area contributed by atoms with E-state index in [0.29, 0.717) is 24.6 Å². The van der Waals surface area contributed by atoms with Gasteiger partial charge in [0.2, 0.25) is 7.37 Å². The molecule has 0 spiro atoms. The van der Waals surface area contributed by atoms with Gasteiger partial charge < -0.3 is 29.9 Å². The summed E-state index contributed by atoms with van der Waals surface area (Å²) >= 11 is 0. The van der Waals surface area contributed by atoms with Crippen molar-refractivity contribution in [1.29, 1.82) is 0 Å². The molecular formula is C24H34NO6P. The molecule has 0 aromatic heterocycles. The van der Waals surface area contributed by atoms with E-state index in [0.717, 1.165) is 44.1 Å². The zero-order chi connectivity index (χ0) is 22.8. The number of aliphatic hydroxyl groups excluding tert-OH is 1. The van der Waals surface area contributed by atoms with E-state index in [-0.39, 0.29) is 24.4 Å². The summed E-state index contributed by atoms with van der Waals surface area (Å²) < 4.78 is 23.7. The molecule has 2 aromatic rings. The second kappa shape index (κ2) is 12.3. The van der Waals surface area contributed by atoms with Crippen molar-refractivity contribution < 1.29 is 29.1 Å². The van der Waals surface area contributed by atoms with Crippen molar-refractivity contribution in [1.82, 2.24) is 5.32 Å². The molecule has 1 aliphatic rings. The van der Waals surface area contributed by atoms with E-state index in [2.05, 4.69) is 5.32 Å². The van der Waals surface area contributed by atoms with Gasteiger partial charge in [0.1, 0.15) is 30.0 Å². The first kappa shape index (κ1) is 24.6. The minimum atomic E-state index is -3.28. The molecule has 0 radical (unpaired) electrons. The average molecular weight is 464 g/mol. The number of aliphatic hydroxyl groups is 1. The van der Waals surface area contributed by atoms with Gasteiger partial charge in [-0.1, -0.05) is 31.4 Å². The molecule has 2 aromatic carbocycles. The first-order chi connectivity index (χ1) is 15.4. The quantitative estimate of drug-likeness (QED) is 0.279. The van der Waals surface area contributed by atoms with Gasteiger partial charge in [-0.15, -0.1) is 0 Å². The van der Waals surface area contributed by atoms with E-state index in [1.807, 2.05) is 24.3 Å². The molecule has 176 valence electrons. The highest BCUT2D eigenvalue weighted by Crippen LogP contribution is 2.51. The van der Waals surface area contributed by atoms with Gasteiger partial charge in [0.25, 0.3) is 0 Å². The van der Waals surface area contributed by atoms with E-state index >= 15 is 0 Å². The molecule has 32 heavy (non-hydrogen) atoms. The molecule has 1 aliphatic carbocycles. The molecule has 0 aliphatic heterocycles. The fourth-order valence-corrected chi connectivity index (χ4v) is 5.52. The fraction of sp³-hybridized carbons (Fsp3) is 0.500. The predicted molar refractivity (Wildman–Crippen MR) is 125 cm³/mol. The van der Waals surface area contributed by atoms with Gasteiger partial charge in [0, 0.05) is 12.2 Å². The van der Waals surface area contributed by atoms with Gasteiger partial charge in [-0.2, -0.15) is 0 Å². The molecule has 0 saturated heterocycles. The van der Waals surface area contributed by atoms with Crippen LogP contribution in [0.3, 0.4) is 0 Å². The van der Waals surface area contributed by atoms with Gasteiger partial charge in [0.15, 0.2) is 6.35 Å². The Balaban J connectivity index is 1.31. The Morgan fingerprint density at radius 2 is 1.59 bits per heavy atom. The average Bonchev–Trinajstić information content (AvgIpc) is 2.81. The van der Waals surface area contributed by atoms with Crippen molar-refractivity contribution in [2.45, 2.75) is 50.3 Å². The molecule has 3 rings (SSSR count). The lowest BCUT2D eigenvalue weighted by molar-refractivity contribution is 0.106. The van der Waals surface area contributed by atoms with Gasteiger partial charge in [0.05, 0.1) is 0 Å². The number of nitrogens with one attached hydrogen (secondary N) is 1. The Labute approximate surface area is 189 Å². The van der Waals surface area contributed by atoms with Crippen LogP contribution in [0, 0.1) is 0 Å². The van der Waals surface area contributed by atoms with Gasteiger partial charge >= 0.3 is 0 Å². The van der Waals surface area contributed by atoms with Crippen molar-refractivity contribution in [3.63, 3.8) is 0 Å². The lowest BCUT2D eigenvalue weighted by Crippen LogP contribution is -2.32. The first-order valence-corrected chi connectivity index (χ1v) is 13.2. The predicted octanol–water partition coefficient (Wildman–Crippen LogP) is 3.90. The highest BCUT2D eigenvalue weighted by atomic mass is 31.2. The monoisotopic (exact) mass is 463 g/mol. The minimum absolute atomic E-state index is 0.122. The summed E-state index contributed by atoms with van der Waals surface area (Å²) in [6.07, 6.45) is 4.87. The molecule has 2 atom stereocenters. The van der Waals surface area contributed by atoms with Crippen LogP contribution < -0.4 is 14.8 Å². The van der Waals surface area contributed by atoms with E-state index in [1.165, 1.54) is 12.1 Å². The zero-order valence-corrected chi connectivity index (χ0v) is 19.3. The zero-order valence-electron chi connectivity index (χ0n) is 18.4. The number of hydrogen-bond donors (Lipinski definition) is 4. The third-order valence-electron chi connectivity index (χ3n) is 5.73. The van der Waals surface area contributed by atoms with Crippen LogP contribution in [0.15, 0.2) is 48.5 Å². The number of benzene rings is 2. The largest absolute Gasteiger partial charge is 0.508 e. The van der Waals surface area contributed by atoms with Crippen LogP contribution in [0.25, 0.3) is 0 Å². The minimum Gasteiger partial charge on any atom is -0.508 e. The fourth-order valence-electron chi connectivity index (χ4n) is 3.80. The molecule has 1 unspecified atom stereocenters. The van der Waals surface area contributed by atoms with E-state index in [4.69, 9.17) is 9.47 Å². The van der Waals surface area contributed by atoms with Crippen molar-refractivity contribution in [2.75, 3.05) is 26.0 Å². The number of aromatic hydroxyl groups is 1. The standard InChI is InChI=1S/C24H34NO6P/c26-20-8-12-22(13-9-20)30-17-21(27)16-25-15-14-19-6-10-23(11-7-19)31-18-32(28,29)24-4-2-1-3-5-24/h6-13,21,24-27H,1-5,14-18H2,(H,28,29)/t21-/m0/s1. The summed E-state index contributed by atoms with van der Waals surface area (Å²) in [5, 5.41) is 22.5. The third-order valence-corrected chi connectivity index (χ3v) is 7.89. The van der Waals surface area contributed by atoms with Gasteiger partial charge in [-0.05, 0) is 67.8 Å². The maximum atomic E-state index is 12.6. The second-order valence-electron chi connectivity index (χ2n) is 8.38. The normalized spacial score (nSPS) is 17.4. The molecule has 0 bridgehead atoms. The summed E-state index contributed by atoms with van der Waals surface area (Å²) in [5.41, 5.74) is 0.989. The number of hydrogen-bond acceptors (Lipinski definition) is 6. The number of rotatable bonds is 12. The summed E-state index contributed by atoms with van der Waals surface area (Å²) in [4.78, 5) is 10.3. The van der Waals surface area contributed by atoms with Crippen LogP contribution in [0.1, 0.15) is 37.7 Å². The maximum absolute atomic E-state index is 12.6. The first-order valence-electron chi connectivity index (χ1n) is 11.3. The summed E-state index contributed by atoms with van der Waals surface area (Å²) in [5.74, 6) is 1.38. The highest BCUT2D eigenvalue weighted by Gasteiger charge is 2.32. The lowest BCUT2D eigenvalue weighted by Gasteiger charge is -2.26. The Hall–Kier alpha value is -2.05. The molecular weight excluding hydrogens is 429 g/mol. The maximum Gasteiger partial charge on any atom is 0.239 e. The van der Waals surface area contributed by atoms with Crippen LogP contribution in [-0.4, -0.2) is 52.9 Å². The molecule has 1 fully saturated rings. The molecule has 0 amide bonds. The number of phenolic OH excluding ortho intramolecular Hbond substituents is 1. The lowest BCUT2D eigenvalue weighted by atomic mass is 10.0. The topological polar surface area (TPSA) is 108 Å². The molecule has 7 nitrogen and oxygen atoms in total. The SMILES string of the molecule is O=P(O)(COc1ccc(CCNC[C@H](O)COc2ccc(O)cc2)cc1)C1CCCCC1. The van der Waals surface area contributed by atoms with Crippen LogP contribution in [-0.2, 0) is 11.0 Å². The molecule has 0 heterocycles. The van der Waals surface area contributed by atoms with Gasteiger partial charge in [-0.3, -0.25) is 4.57 Å². The van der Waals surface area contributed by atoms with Crippen LogP contribution in [0.2, 0.25) is 0 Å². The van der Waals surface area contributed by atoms with Crippen molar-refractivity contribution in [3.8, 4) is 17.2 Å². The Morgan fingerprint density at radius 3 is 2.28 bits per heavy atom. The van der Waals surface area contributed by atoms with E-state index < -0.39 is 13.5 Å². The van der Waals surface area contributed by atoms with Crippen LogP contribution >= 0.6 is 7.37 Å². The number of ether oxygens (including phenoxy) is 2. The van der Waals surface area contributed by atoms with E-state index in [9.17, 15) is 19.7 Å².